The number of aromatic nitrogens is 3. The molecule has 3 rings (SSSR count). The summed E-state index contributed by atoms with van der Waals surface area (Å²) in [5.74, 6) is 0. The fourth-order valence-electron chi connectivity index (χ4n) is 1.93. The largest absolute Gasteiger partial charge is 0.365 e. The third-order valence-corrected chi connectivity index (χ3v) is 2.94. The number of halogens is 1. The number of aromatic amines is 2. The van der Waals surface area contributed by atoms with E-state index in [0.29, 0.717) is 5.02 Å². The summed E-state index contributed by atoms with van der Waals surface area (Å²) in [6.45, 7) is 2.02. The molecule has 0 aliphatic heterocycles. The zero-order chi connectivity index (χ0) is 11.1. The second-order valence-electron chi connectivity index (χ2n) is 3.79. The zero-order valence-corrected chi connectivity index (χ0v) is 9.47. The molecule has 0 saturated carbocycles. The number of pyridine rings is 1. The van der Waals surface area contributed by atoms with Gasteiger partial charge in [-0.25, -0.2) is 4.98 Å². The summed E-state index contributed by atoms with van der Waals surface area (Å²) in [7, 11) is 0. The normalized spacial score (nSPS) is 11.1. The molecule has 0 aliphatic carbocycles. The third-order valence-electron chi connectivity index (χ3n) is 2.66. The Morgan fingerprint density at radius 2 is 2.19 bits per heavy atom. The van der Waals surface area contributed by atoms with Crippen LogP contribution in [0.15, 0.2) is 30.7 Å². The number of hydrogen-bond acceptors (Lipinski definition) is 1. The zero-order valence-electron chi connectivity index (χ0n) is 8.71. The van der Waals surface area contributed by atoms with Crippen LogP contribution >= 0.6 is 11.6 Å². The summed E-state index contributed by atoms with van der Waals surface area (Å²) in [4.78, 5) is 10.5. The summed E-state index contributed by atoms with van der Waals surface area (Å²) < 4.78 is 0. The summed E-state index contributed by atoms with van der Waals surface area (Å²) in [5.41, 5.74) is 4.09. The minimum atomic E-state index is 0.672. The average Bonchev–Trinajstić information content (AvgIpc) is 2.86. The molecule has 0 amide bonds. The first-order valence-electron chi connectivity index (χ1n) is 5.02. The fourth-order valence-corrected chi connectivity index (χ4v) is 2.19. The van der Waals surface area contributed by atoms with Gasteiger partial charge in [0.1, 0.15) is 5.65 Å². The highest BCUT2D eigenvalue weighted by molar-refractivity contribution is 6.34. The van der Waals surface area contributed by atoms with Gasteiger partial charge in [0.05, 0.1) is 5.02 Å². The van der Waals surface area contributed by atoms with Crippen molar-refractivity contribution in [2.24, 2.45) is 0 Å². The molecule has 0 aliphatic rings. The van der Waals surface area contributed by atoms with E-state index in [1.807, 2.05) is 25.4 Å². The number of fused-ring (bicyclic) bond motifs is 1. The maximum Gasteiger partial charge on any atom is 0.137 e. The monoisotopic (exact) mass is 231 g/mol. The van der Waals surface area contributed by atoms with Crippen LogP contribution in [0.4, 0.5) is 0 Å². The van der Waals surface area contributed by atoms with Crippen molar-refractivity contribution in [1.29, 1.82) is 0 Å². The first kappa shape index (κ1) is 9.48. The van der Waals surface area contributed by atoms with Gasteiger partial charge in [-0.1, -0.05) is 11.6 Å². The maximum atomic E-state index is 6.21. The third kappa shape index (κ3) is 1.32. The van der Waals surface area contributed by atoms with Crippen molar-refractivity contribution in [3.63, 3.8) is 0 Å². The van der Waals surface area contributed by atoms with Crippen molar-refractivity contribution in [2.75, 3.05) is 0 Å². The van der Waals surface area contributed by atoms with Crippen LogP contribution in [0.2, 0.25) is 5.02 Å². The van der Waals surface area contributed by atoms with Crippen LogP contribution in [0, 0.1) is 6.92 Å². The van der Waals surface area contributed by atoms with Gasteiger partial charge in [0.25, 0.3) is 0 Å². The molecule has 3 aromatic heterocycles. The Hall–Kier alpha value is -1.74. The van der Waals surface area contributed by atoms with Crippen LogP contribution in [0.1, 0.15) is 5.69 Å². The molecule has 2 N–H and O–H groups in total. The molecule has 3 aromatic rings. The van der Waals surface area contributed by atoms with Crippen LogP contribution in [0.5, 0.6) is 0 Å². The van der Waals surface area contributed by atoms with Gasteiger partial charge in [-0.15, -0.1) is 0 Å². The lowest BCUT2D eigenvalue weighted by Gasteiger charge is -2.02. The molecular formula is C12H10ClN3. The van der Waals surface area contributed by atoms with E-state index in [1.165, 1.54) is 0 Å². The lowest BCUT2D eigenvalue weighted by Crippen LogP contribution is -1.82. The van der Waals surface area contributed by atoms with E-state index in [1.54, 1.807) is 6.20 Å². The van der Waals surface area contributed by atoms with Crippen molar-refractivity contribution in [3.05, 3.63) is 41.4 Å². The molecule has 0 aromatic carbocycles. The number of hydrogen-bond donors (Lipinski definition) is 2. The number of rotatable bonds is 1. The van der Waals surface area contributed by atoms with Crippen molar-refractivity contribution in [1.82, 2.24) is 15.0 Å². The molecule has 0 fully saturated rings. The lowest BCUT2D eigenvalue weighted by molar-refractivity contribution is 1.27. The van der Waals surface area contributed by atoms with Crippen molar-refractivity contribution < 1.29 is 0 Å². The molecule has 0 saturated heterocycles. The molecule has 80 valence electrons. The highest BCUT2D eigenvalue weighted by Crippen LogP contribution is 2.33. The van der Waals surface area contributed by atoms with E-state index in [2.05, 4.69) is 21.0 Å². The highest BCUT2D eigenvalue weighted by atomic mass is 35.5. The molecule has 0 spiro atoms. The van der Waals surface area contributed by atoms with Crippen LogP contribution in [0.3, 0.4) is 0 Å². The van der Waals surface area contributed by atoms with Gasteiger partial charge >= 0.3 is 0 Å². The molecule has 0 radical (unpaired) electrons. The van der Waals surface area contributed by atoms with Gasteiger partial charge in [0, 0.05) is 40.8 Å². The molecule has 4 heteroatoms. The van der Waals surface area contributed by atoms with Gasteiger partial charge in [0.2, 0.25) is 0 Å². The Bertz CT molecular complexity index is 651. The Morgan fingerprint density at radius 1 is 1.31 bits per heavy atom. The summed E-state index contributed by atoms with van der Waals surface area (Å²) in [6.07, 6.45) is 5.51. The smallest absolute Gasteiger partial charge is 0.137 e. The van der Waals surface area contributed by atoms with Crippen molar-refractivity contribution in [3.8, 4) is 11.1 Å². The first-order chi connectivity index (χ1) is 7.75. The molecular weight excluding hydrogens is 222 g/mol. The van der Waals surface area contributed by atoms with E-state index in [9.17, 15) is 0 Å². The quantitative estimate of drug-likeness (QED) is 0.661. The van der Waals surface area contributed by atoms with Crippen LogP contribution < -0.4 is 0 Å². The lowest BCUT2D eigenvalue weighted by atomic mass is 10.1. The molecule has 0 atom stereocenters. The topological polar surface area (TPSA) is 44.5 Å². The number of nitrogens with one attached hydrogen (secondary N) is 2. The molecule has 3 heterocycles. The van der Waals surface area contributed by atoms with Gasteiger partial charge in [-0.2, -0.15) is 0 Å². The first-order valence-corrected chi connectivity index (χ1v) is 5.40. The molecule has 3 nitrogen and oxygen atoms in total. The molecule has 16 heavy (non-hydrogen) atoms. The number of H-pyrrole nitrogens is 2. The molecule has 0 bridgehead atoms. The van der Waals surface area contributed by atoms with Gasteiger partial charge in [-0.05, 0) is 19.1 Å². The highest BCUT2D eigenvalue weighted by Gasteiger charge is 2.11. The van der Waals surface area contributed by atoms with E-state index in [0.717, 1.165) is 27.9 Å². The maximum absolute atomic E-state index is 6.21. The SMILES string of the molecule is Cc1cc(-c2c(Cl)cnc3[nH]ccc23)c[nH]1. The van der Waals surface area contributed by atoms with Gasteiger partial charge in [-0.3, -0.25) is 0 Å². The second kappa shape index (κ2) is 3.39. The summed E-state index contributed by atoms with van der Waals surface area (Å²) in [6, 6.07) is 4.07. The fraction of sp³-hybridized carbons (Fsp3) is 0.0833. The van der Waals surface area contributed by atoms with Crippen molar-refractivity contribution in [2.45, 2.75) is 6.92 Å². The predicted molar refractivity (Wildman–Crippen MR) is 65.6 cm³/mol. The van der Waals surface area contributed by atoms with Gasteiger partial charge in [0.15, 0.2) is 0 Å². The van der Waals surface area contributed by atoms with Crippen LogP contribution in [-0.2, 0) is 0 Å². The predicted octanol–water partition coefficient (Wildman–Crippen LogP) is 3.52. The number of nitrogens with zero attached hydrogens (tertiary/aromatic N) is 1. The van der Waals surface area contributed by atoms with Crippen LogP contribution in [0.25, 0.3) is 22.2 Å². The van der Waals surface area contributed by atoms with Gasteiger partial charge < -0.3 is 9.97 Å². The van der Waals surface area contributed by atoms with Crippen molar-refractivity contribution >= 4 is 22.6 Å². The minimum absolute atomic E-state index is 0.672. The Balaban J connectivity index is 2.36. The van der Waals surface area contributed by atoms with E-state index < -0.39 is 0 Å². The van der Waals surface area contributed by atoms with E-state index >= 15 is 0 Å². The Morgan fingerprint density at radius 3 is 2.94 bits per heavy atom. The summed E-state index contributed by atoms with van der Waals surface area (Å²) in [5, 5.41) is 1.72. The van der Waals surface area contributed by atoms with E-state index in [-0.39, 0.29) is 0 Å². The number of aryl methyl sites for hydroxylation is 1. The van der Waals surface area contributed by atoms with Crippen LogP contribution in [-0.4, -0.2) is 15.0 Å². The Labute approximate surface area is 97.5 Å². The Kier molecular flexibility index (Phi) is 2.01. The molecule has 0 unspecified atom stereocenters. The average molecular weight is 232 g/mol. The standard InChI is InChI=1S/C12H10ClN3/c1-7-4-8(5-15-7)11-9-2-3-14-12(9)16-6-10(11)13/h2-6,15H,1H3,(H,14,16). The summed E-state index contributed by atoms with van der Waals surface area (Å²) >= 11 is 6.21. The minimum Gasteiger partial charge on any atom is -0.365 e. The van der Waals surface area contributed by atoms with E-state index in [4.69, 9.17) is 11.6 Å². The second-order valence-corrected chi connectivity index (χ2v) is 4.20.